The van der Waals surface area contributed by atoms with Crippen LogP contribution in [-0.2, 0) is 10.3 Å². The molecule has 1 aromatic carbocycles. The highest BCUT2D eigenvalue weighted by molar-refractivity contribution is 5.85. The maximum Gasteiger partial charge on any atom is 0.248 e. The summed E-state index contributed by atoms with van der Waals surface area (Å²) in [5, 5.41) is 15.2. The second-order valence-corrected chi connectivity index (χ2v) is 6.97. The van der Waals surface area contributed by atoms with E-state index >= 15 is 0 Å². The number of carbonyl (C=O) groups is 1. The van der Waals surface area contributed by atoms with E-state index in [1.807, 2.05) is 59.0 Å². The Hall–Kier alpha value is -2.64. The summed E-state index contributed by atoms with van der Waals surface area (Å²) in [4.78, 5) is 13.3. The van der Waals surface area contributed by atoms with Crippen molar-refractivity contribution in [3.05, 3.63) is 66.7 Å². The highest BCUT2D eigenvalue weighted by Gasteiger charge is 2.42. The molecule has 7 nitrogen and oxygen atoms in total. The minimum absolute atomic E-state index is 0. The Labute approximate surface area is 170 Å². The fourth-order valence-electron chi connectivity index (χ4n) is 3.70. The van der Waals surface area contributed by atoms with Crippen LogP contribution in [0.25, 0.3) is 5.69 Å². The van der Waals surface area contributed by atoms with Crippen LogP contribution < -0.4 is 10.6 Å². The van der Waals surface area contributed by atoms with E-state index < -0.39 is 5.54 Å². The normalized spacial score (nSPS) is 16.8. The summed E-state index contributed by atoms with van der Waals surface area (Å²) in [6.07, 6.45) is 8.72. The van der Waals surface area contributed by atoms with Crippen LogP contribution in [0.2, 0.25) is 0 Å². The predicted molar refractivity (Wildman–Crippen MR) is 110 cm³/mol. The Morgan fingerprint density at radius 1 is 1.14 bits per heavy atom. The molecule has 1 aliphatic heterocycles. The van der Waals surface area contributed by atoms with Crippen molar-refractivity contribution in [2.45, 2.75) is 31.3 Å². The number of halogens is 1. The van der Waals surface area contributed by atoms with Gasteiger partial charge in [0.25, 0.3) is 0 Å². The van der Waals surface area contributed by atoms with Gasteiger partial charge in [-0.15, -0.1) is 12.4 Å². The van der Waals surface area contributed by atoms with Crippen molar-refractivity contribution in [2.24, 2.45) is 0 Å². The van der Waals surface area contributed by atoms with Gasteiger partial charge in [-0.25, -0.2) is 4.68 Å². The molecule has 3 aromatic rings. The van der Waals surface area contributed by atoms with Crippen molar-refractivity contribution in [3.63, 3.8) is 0 Å². The molecule has 8 heteroatoms. The van der Waals surface area contributed by atoms with E-state index in [1.54, 1.807) is 12.4 Å². The third kappa shape index (κ3) is 3.81. The van der Waals surface area contributed by atoms with Crippen LogP contribution in [0.3, 0.4) is 0 Å². The summed E-state index contributed by atoms with van der Waals surface area (Å²) in [6, 6.07) is 11.7. The van der Waals surface area contributed by atoms with Gasteiger partial charge in [0, 0.05) is 24.8 Å². The van der Waals surface area contributed by atoms with Crippen LogP contribution in [0.5, 0.6) is 0 Å². The zero-order valence-corrected chi connectivity index (χ0v) is 16.6. The molecule has 3 heterocycles. The van der Waals surface area contributed by atoms with Gasteiger partial charge in [0.05, 0.1) is 11.7 Å². The summed E-state index contributed by atoms with van der Waals surface area (Å²) >= 11 is 0. The van der Waals surface area contributed by atoms with E-state index in [0.29, 0.717) is 0 Å². The molecule has 1 unspecified atom stereocenters. The van der Waals surface area contributed by atoms with Crippen LogP contribution in [0, 0.1) is 0 Å². The fourth-order valence-corrected chi connectivity index (χ4v) is 3.70. The molecule has 0 aliphatic carbocycles. The highest BCUT2D eigenvalue weighted by Crippen LogP contribution is 2.28. The van der Waals surface area contributed by atoms with Crippen molar-refractivity contribution < 1.29 is 4.79 Å². The average molecular weight is 401 g/mol. The first-order valence-electron chi connectivity index (χ1n) is 9.31. The number of benzene rings is 1. The molecular weight excluding hydrogens is 376 g/mol. The molecule has 0 saturated carbocycles. The van der Waals surface area contributed by atoms with Crippen molar-refractivity contribution in [1.82, 2.24) is 30.2 Å². The SMILES string of the molecule is CC(NC(=O)C1(n2cccn2)CCNCC1)c1cccc(-n2cccn2)c1.Cl. The quantitative estimate of drug-likeness (QED) is 0.689. The zero-order valence-electron chi connectivity index (χ0n) is 15.8. The van der Waals surface area contributed by atoms with E-state index in [9.17, 15) is 4.79 Å². The van der Waals surface area contributed by atoms with Crippen LogP contribution in [0.1, 0.15) is 31.4 Å². The molecule has 1 saturated heterocycles. The predicted octanol–water partition coefficient (Wildman–Crippen LogP) is 2.45. The molecule has 1 fully saturated rings. The lowest BCUT2D eigenvalue weighted by Gasteiger charge is -2.37. The number of aromatic nitrogens is 4. The van der Waals surface area contributed by atoms with E-state index in [4.69, 9.17) is 0 Å². The third-order valence-electron chi connectivity index (χ3n) is 5.28. The van der Waals surface area contributed by atoms with Gasteiger partial charge in [0.1, 0.15) is 5.54 Å². The molecule has 28 heavy (non-hydrogen) atoms. The lowest BCUT2D eigenvalue weighted by Crippen LogP contribution is -2.55. The lowest BCUT2D eigenvalue weighted by molar-refractivity contribution is -0.132. The topological polar surface area (TPSA) is 76.8 Å². The van der Waals surface area contributed by atoms with Crippen molar-refractivity contribution in [3.8, 4) is 5.69 Å². The molecule has 1 aliphatic rings. The largest absolute Gasteiger partial charge is 0.347 e. The molecule has 4 rings (SSSR count). The van der Waals surface area contributed by atoms with E-state index in [-0.39, 0.29) is 24.4 Å². The number of rotatable bonds is 5. The first kappa shape index (κ1) is 20.1. The Morgan fingerprint density at radius 2 is 1.89 bits per heavy atom. The third-order valence-corrected chi connectivity index (χ3v) is 5.28. The van der Waals surface area contributed by atoms with Crippen molar-refractivity contribution >= 4 is 18.3 Å². The highest BCUT2D eigenvalue weighted by atomic mass is 35.5. The summed E-state index contributed by atoms with van der Waals surface area (Å²) in [6.45, 7) is 3.62. The van der Waals surface area contributed by atoms with Gasteiger partial charge in [-0.3, -0.25) is 9.48 Å². The number of hydrogen-bond donors (Lipinski definition) is 2. The summed E-state index contributed by atoms with van der Waals surface area (Å²) in [7, 11) is 0. The lowest BCUT2D eigenvalue weighted by atomic mass is 9.87. The molecule has 0 bridgehead atoms. The molecule has 1 amide bonds. The number of piperidine rings is 1. The second-order valence-electron chi connectivity index (χ2n) is 6.97. The maximum atomic E-state index is 13.3. The van der Waals surface area contributed by atoms with Gasteiger partial charge in [-0.1, -0.05) is 12.1 Å². The number of nitrogens with zero attached hydrogens (tertiary/aromatic N) is 4. The van der Waals surface area contributed by atoms with Gasteiger partial charge in [-0.05, 0) is 62.7 Å². The first-order valence-corrected chi connectivity index (χ1v) is 9.31. The van der Waals surface area contributed by atoms with Crippen LogP contribution in [-0.4, -0.2) is 38.6 Å². The Morgan fingerprint density at radius 3 is 2.57 bits per heavy atom. The Balaban J connectivity index is 0.00000225. The average Bonchev–Trinajstić information content (AvgIpc) is 3.42. The van der Waals surface area contributed by atoms with Crippen molar-refractivity contribution in [1.29, 1.82) is 0 Å². The molecule has 0 radical (unpaired) electrons. The van der Waals surface area contributed by atoms with E-state index in [0.717, 1.165) is 37.2 Å². The molecule has 0 spiro atoms. The molecule has 2 aromatic heterocycles. The number of amides is 1. The Bertz CT molecular complexity index is 887. The monoisotopic (exact) mass is 400 g/mol. The maximum absolute atomic E-state index is 13.3. The second kappa shape index (κ2) is 8.58. The standard InChI is InChI=1S/C20H24N6O.ClH/c1-16(17-5-2-6-18(15-17)25-13-3-9-22-25)24-19(27)20(7-11-21-12-8-20)26-14-4-10-23-26;/h2-6,9-10,13-16,21H,7-8,11-12H2,1H3,(H,24,27);1H. The van der Waals surface area contributed by atoms with E-state index in [2.05, 4.69) is 26.9 Å². The molecule has 148 valence electrons. The van der Waals surface area contributed by atoms with Gasteiger partial charge in [-0.2, -0.15) is 10.2 Å². The summed E-state index contributed by atoms with van der Waals surface area (Å²) in [5.41, 5.74) is 1.38. The summed E-state index contributed by atoms with van der Waals surface area (Å²) in [5.74, 6) is 0.0182. The summed E-state index contributed by atoms with van der Waals surface area (Å²) < 4.78 is 3.63. The van der Waals surface area contributed by atoms with Crippen LogP contribution in [0.15, 0.2) is 61.2 Å². The van der Waals surface area contributed by atoms with Crippen molar-refractivity contribution in [2.75, 3.05) is 13.1 Å². The minimum atomic E-state index is -0.636. The fraction of sp³-hybridized carbons (Fsp3) is 0.350. The van der Waals surface area contributed by atoms with Gasteiger partial charge in [0.2, 0.25) is 5.91 Å². The number of nitrogens with one attached hydrogen (secondary N) is 2. The zero-order chi connectivity index (χ0) is 18.7. The van der Waals surface area contributed by atoms with Gasteiger partial charge >= 0.3 is 0 Å². The first-order chi connectivity index (χ1) is 13.2. The smallest absolute Gasteiger partial charge is 0.248 e. The Kier molecular flexibility index (Phi) is 6.16. The van der Waals surface area contributed by atoms with Gasteiger partial charge in [0.15, 0.2) is 0 Å². The van der Waals surface area contributed by atoms with Gasteiger partial charge < -0.3 is 10.6 Å². The minimum Gasteiger partial charge on any atom is -0.347 e. The van der Waals surface area contributed by atoms with Crippen LogP contribution in [0.4, 0.5) is 0 Å². The van der Waals surface area contributed by atoms with E-state index in [1.165, 1.54) is 0 Å². The molecule has 2 N–H and O–H groups in total. The number of hydrogen-bond acceptors (Lipinski definition) is 4. The molecule has 1 atom stereocenters. The molecular formula is C20H25ClN6O. The van der Waals surface area contributed by atoms with Crippen LogP contribution >= 0.6 is 12.4 Å². The number of carbonyl (C=O) groups excluding carboxylic acids is 1.